The fourth-order valence-electron chi connectivity index (χ4n) is 3.76. The van der Waals surface area contributed by atoms with Crippen LogP contribution in [-0.4, -0.2) is 45.9 Å². The number of hydrogen-bond donors (Lipinski definition) is 1. The number of rotatable bonds is 4. The molecular weight excluding hydrogens is 352 g/mol. The number of likely N-dealkylation sites (tertiary alicyclic amines) is 1. The number of fused-ring (bicyclic) bond motifs is 3. The van der Waals surface area contributed by atoms with E-state index in [1.807, 2.05) is 0 Å². The minimum absolute atomic E-state index is 0.0168. The number of carbonyl (C=O) groups is 2. The van der Waals surface area contributed by atoms with E-state index in [0.717, 1.165) is 62.0 Å². The molecule has 1 fully saturated rings. The SMILES string of the molecule is O=C(Cn1cnc2sc3c(c2c1=O)CCCC3)NCC(=O)N1CCCC1. The topological polar surface area (TPSA) is 84.3 Å². The quantitative estimate of drug-likeness (QED) is 0.868. The highest BCUT2D eigenvalue weighted by atomic mass is 32.1. The van der Waals surface area contributed by atoms with E-state index < -0.39 is 0 Å². The Hall–Kier alpha value is -2.22. The molecule has 2 amide bonds. The molecule has 2 aromatic heterocycles. The third-order valence-electron chi connectivity index (χ3n) is 5.15. The molecule has 138 valence electrons. The first kappa shape index (κ1) is 17.2. The van der Waals surface area contributed by atoms with Crippen molar-refractivity contribution in [1.29, 1.82) is 0 Å². The Labute approximate surface area is 155 Å². The third-order valence-corrected chi connectivity index (χ3v) is 6.35. The smallest absolute Gasteiger partial charge is 0.262 e. The lowest BCUT2D eigenvalue weighted by Crippen LogP contribution is -2.40. The van der Waals surface area contributed by atoms with Crippen LogP contribution in [0.1, 0.15) is 36.1 Å². The van der Waals surface area contributed by atoms with Crippen molar-refractivity contribution in [2.24, 2.45) is 0 Å². The third kappa shape index (κ3) is 3.25. The molecule has 0 atom stereocenters. The Morgan fingerprint density at radius 3 is 2.73 bits per heavy atom. The molecule has 1 saturated heterocycles. The second-order valence-electron chi connectivity index (χ2n) is 6.93. The van der Waals surface area contributed by atoms with Gasteiger partial charge in [0.15, 0.2) is 0 Å². The van der Waals surface area contributed by atoms with Crippen molar-refractivity contribution in [3.05, 3.63) is 27.1 Å². The van der Waals surface area contributed by atoms with E-state index in [0.29, 0.717) is 5.39 Å². The number of thiophene rings is 1. The molecule has 0 saturated carbocycles. The maximum Gasteiger partial charge on any atom is 0.262 e. The van der Waals surface area contributed by atoms with Crippen LogP contribution in [-0.2, 0) is 29.0 Å². The van der Waals surface area contributed by atoms with E-state index in [-0.39, 0.29) is 30.5 Å². The van der Waals surface area contributed by atoms with Crippen molar-refractivity contribution < 1.29 is 9.59 Å². The fraction of sp³-hybridized carbons (Fsp3) is 0.556. The Balaban J connectivity index is 1.46. The largest absolute Gasteiger partial charge is 0.345 e. The molecule has 8 heteroatoms. The first-order valence-electron chi connectivity index (χ1n) is 9.17. The van der Waals surface area contributed by atoms with Gasteiger partial charge in [0.1, 0.15) is 11.4 Å². The summed E-state index contributed by atoms with van der Waals surface area (Å²) in [4.78, 5) is 45.2. The van der Waals surface area contributed by atoms with E-state index in [1.165, 1.54) is 15.8 Å². The maximum atomic E-state index is 12.8. The summed E-state index contributed by atoms with van der Waals surface area (Å²) in [7, 11) is 0. The van der Waals surface area contributed by atoms with E-state index in [1.54, 1.807) is 16.2 Å². The molecule has 26 heavy (non-hydrogen) atoms. The zero-order chi connectivity index (χ0) is 18.1. The molecule has 1 N–H and O–H groups in total. The molecular formula is C18H22N4O3S. The van der Waals surface area contributed by atoms with Crippen LogP contribution in [0.25, 0.3) is 10.2 Å². The molecule has 0 aromatic carbocycles. The zero-order valence-electron chi connectivity index (χ0n) is 14.6. The minimum Gasteiger partial charge on any atom is -0.345 e. The first-order chi connectivity index (χ1) is 12.6. The summed E-state index contributed by atoms with van der Waals surface area (Å²) in [6, 6.07) is 0. The summed E-state index contributed by atoms with van der Waals surface area (Å²) < 4.78 is 1.35. The normalized spacial score (nSPS) is 16.7. The molecule has 1 aliphatic heterocycles. The average Bonchev–Trinajstić information content (AvgIpc) is 3.29. The van der Waals surface area contributed by atoms with Crippen molar-refractivity contribution >= 4 is 33.4 Å². The maximum absolute atomic E-state index is 12.8. The molecule has 1 aliphatic carbocycles. The number of nitrogens with one attached hydrogen (secondary N) is 1. The number of hydrogen-bond acceptors (Lipinski definition) is 5. The summed E-state index contributed by atoms with van der Waals surface area (Å²) in [5, 5.41) is 3.30. The van der Waals surface area contributed by atoms with Gasteiger partial charge < -0.3 is 10.2 Å². The molecule has 4 rings (SSSR count). The molecule has 0 unspecified atom stereocenters. The summed E-state index contributed by atoms with van der Waals surface area (Å²) in [5.74, 6) is -0.409. The van der Waals surface area contributed by atoms with Gasteiger partial charge in [-0.2, -0.15) is 0 Å². The van der Waals surface area contributed by atoms with Gasteiger partial charge in [0.25, 0.3) is 5.56 Å². The Kier molecular flexibility index (Phi) is 4.76. The van der Waals surface area contributed by atoms with Crippen LogP contribution in [0.5, 0.6) is 0 Å². The Morgan fingerprint density at radius 1 is 1.15 bits per heavy atom. The zero-order valence-corrected chi connectivity index (χ0v) is 15.4. The number of aromatic nitrogens is 2. The minimum atomic E-state index is -0.343. The van der Waals surface area contributed by atoms with Crippen molar-refractivity contribution in [2.75, 3.05) is 19.6 Å². The van der Waals surface area contributed by atoms with Gasteiger partial charge in [0.05, 0.1) is 18.3 Å². The van der Waals surface area contributed by atoms with Gasteiger partial charge >= 0.3 is 0 Å². The molecule has 2 aromatic rings. The number of nitrogens with zero attached hydrogens (tertiary/aromatic N) is 3. The molecule has 7 nitrogen and oxygen atoms in total. The van der Waals surface area contributed by atoms with Crippen LogP contribution in [0.15, 0.2) is 11.1 Å². The summed E-state index contributed by atoms with van der Waals surface area (Å²) >= 11 is 1.59. The van der Waals surface area contributed by atoms with Crippen LogP contribution >= 0.6 is 11.3 Å². The van der Waals surface area contributed by atoms with Crippen LogP contribution in [0.2, 0.25) is 0 Å². The molecule has 2 aliphatic rings. The second-order valence-corrected chi connectivity index (χ2v) is 8.02. The van der Waals surface area contributed by atoms with Crippen molar-refractivity contribution in [2.45, 2.75) is 45.1 Å². The van der Waals surface area contributed by atoms with Gasteiger partial charge in [0.2, 0.25) is 11.8 Å². The van der Waals surface area contributed by atoms with E-state index in [2.05, 4.69) is 10.3 Å². The summed E-state index contributed by atoms with van der Waals surface area (Å²) in [6.45, 7) is 1.40. The van der Waals surface area contributed by atoms with E-state index in [9.17, 15) is 14.4 Å². The second kappa shape index (κ2) is 7.19. The van der Waals surface area contributed by atoms with Gasteiger partial charge in [-0.1, -0.05) is 0 Å². The van der Waals surface area contributed by atoms with Gasteiger partial charge in [-0.15, -0.1) is 11.3 Å². The van der Waals surface area contributed by atoms with E-state index >= 15 is 0 Å². The Bertz CT molecular complexity index is 911. The standard InChI is InChI=1S/C18H22N4O3S/c23-14(19-9-15(24)21-7-3-4-8-21)10-22-11-20-17-16(18(22)25)12-5-1-2-6-13(12)26-17/h11H,1-10H2,(H,19,23). The number of aryl methyl sites for hydroxylation is 2. The molecule has 0 radical (unpaired) electrons. The lowest BCUT2D eigenvalue weighted by atomic mass is 9.97. The highest BCUT2D eigenvalue weighted by Crippen LogP contribution is 2.33. The first-order valence-corrected chi connectivity index (χ1v) is 9.99. The molecule has 0 bridgehead atoms. The van der Waals surface area contributed by atoms with Gasteiger partial charge in [-0.25, -0.2) is 4.98 Å². The molecule has 0 spiro atoms. The highest BCUT2D eigenvalue weighted by Gasteiger charge is 2.21. The van der Waals surface area contributed by atoms with Crippen molar-refractivity contribution in [1.82, 2.24) is 19.8 Å². The lowest BCUT2D eigenvalue weighted by Gasteiger charge is -2.15. The number of carbonyl (C=O) groups excluding carboxylic acids is 2. The monoisotopic (exact) mass is 374 g/mol. The van der Waals surface area contributed by atoms with Crippen LogP contribution in [0.4, 0.5) is 0 Å². The highest BCUT2D eigenvalue weighted by molar-refractivity contribution is 7.18. The van der Waals surface area contributed by atoms with Crippen LogP contribution < -0.4 is 10.9 Å². The predicted molar refractivity (Wildman–Crippen MR) is 99.3 cm³/mol. The number of amides is 2. The fourth-order valence-corrected chi connectivity index (χ4v) is 4.98. The van der Waals surface area contributed by atoms with E-state index in [4.69, 9.17) is 0 Å². The predicted octanol–water partition coefficient (Wildman–Crippen LogP) is 1.08. The lowest BCUT2D eigenvalue weighted by molar-refractivity contribution is -0.132. The Morgan fingerprint density at radius 2 is 1.92 bits per heavy atom. The van der Waals surface area contributed by atoms with Gasteiger partial charge in [0, 0.05) is 18.0 Å². The summed E-state index contributed by atoms with van der Waals surface area (Å²) in [6.07, 6.45) is 7.64. The van der Waals surface area contributed by atoms with Crippen molar-refractivity contribution in [3.8, 4) is 0 Å². The average molecular weight is 374 g/mol. The molecule has 3 heterocycles. The van der Waals surface area contributed by atoms with Crippen LogP contribution in [0.3, 0.4) is 0 Å². The van der Waals surface area contributed by atoms with Crippen molar-refractivity contribution in [3.63, 3.8) is 0 Å². The van der Waals surface area contributed by atoms with Crippen LogP contribution in [0, 0.1) is 0 Å². The van der Waals surface area contributed by atoms with Gasteiger partial charge in [-0.05, 0) is 44.1 Å². The summed E-state index contributed by atoms with van der Waals surface area (Å²) in [5.41, 5.74) is 0.961. The van der Waals surface area contributed by atoms with Gasteiger partial charge in [-0.3, -0.25) is 19.0 Å².